The first-order valence-electron chi connectivity index (χ1n) is 7.76. The third-order valence-electron chi connectivity index (χ3n) is 4.29. The smallest absolute Gasteiger partial charge is 0.410 e. The van der Waals surface area contributed by atoms with Crippen molar-refractivity contribution in [3.05, 3.63) is 22.7 Å². The van der Waals surface area contributed by atoms with Crippen molar-refractivity contribution in [3.63, 3.8) is 0 Å². The van der Waals surface area contributed by atoms with Crippen molar-refractivity contribution in [1.29, 1.82) is 0 Å². The molecule has 1 atom stereocenters. The zero-order chi connectivity index (χ0) is 16.5. The summed E-state index contributed by atoms with van der Waals surface area (Å²) in [4.78, 5) is 31.4. The first kappa shape index (κ1) is 15.1. The Kier molecular flexibility index (Phi) is 3.93. The van der Waals surface area contributed by atoms with Gasteiger partial charge in [-0.2, -0.15) is 16.3 Å². The molecule has 0 radical (unpaired) electrons. The molecule has 0 aromatic carbocycles. The fourth-order valence-electron chi connectivity index (χ4n) is 2.93. The highest BCUT2D eigenvalue weighted by atomic mass is 32.1. The van der Waals surface area contributed by atoms with Crippen molar-refractivity contribution in [2.24, 2.45) is 0 Å². The number of rotatable bonds is 4. The maximum atomic E-state index is 12.3. The molecule has 0 bridgehead atoms. The van der Waals surface area contributed by atoms with Crippen LogP contribution in [0.15, 0.2) is 21.3 Å². The Labute approximate surface area is 142 Å². The molecule has 4 heterocycles. The van der Waals surface area contributed by atoms with E-state index in [-0.39, 0.29) is 18.4 Å². The number of hydrogen-bond donors (Lipinski definition) is 0. The monoisotopic (exact) mass is 348 g/mol. The molecule has 2 aromatic rings. The highest BCUT2D eigenvalue weighted by molar-refractivity contribution is 7.08. The van der Waals surface area contributed by atoms with Gasteiger partial charge in [0.1, 0.15) is 13.2 Å². The number of aromatic nitrogens is 2. The number of ether oxygens (including phenoxy) is 1. The van der Waals surface area contributed by atoms with E-state index in [2.05, 4.69) is 10.1 Å². The summed E-state index contributed by atoms with van der Waals surface area (Å²) in [5, 5.41) is 7.97. The summed E-state index contributed by atoms with van der Waals surface area (Å²) < 4.78 is 10.2. The summed E-state index contributed by atoms with van der Waals surface area (Å²) in [6, 6.07) is 1.93. The van der Waals surface area contributed by atoms with E-state index in [4.69, 9.17) is 9.26 Å². The number of nitrogens with zero attached hydrogens (tertiary/aromatic N) is 4. The number of hydrogen-bond acceptors (Lipinski definition) is 7. The Hall–Kier alpha value is -2.42. The van der Waals surface area contributed by atoms with Gasteiger partial charge in [0.05, 0.1) is 12.1 Å². The van der Waals surface area contributed by atoms with E-state index >= 15 is 0 Å². The van der Waals surface area contributed by atoms with Crippen LogP contribution in [0.4, 0.5) is 4.79 Å². The van der Waals surface area contributed by atoms with E-state index in [9.17, 15) is 9.59 Å². The van der Waals surface area contributed by atoms with Gasteiger partial charge in [0.25, 0.3) is 5.89 Å². The van der Waals surface area contributed by atoms with Gasteiger partial charge in [0, 0.05) is 24.4 Å². The lowest BCUT2D eigenvalue weighted by Gasteiger charge is -2.19. The maximum absolute atomic E-state index is 12.3. The van der Waals surface area contributed by atoms with Gasteiger partial charge >= 0.3 is 6.09 Å². The van der Waals surface area contributed by atoms with Crippen LogP contribution in [0, 0.1) is 0 Å². The lowest BCUT2D eigenvalue weighted by atomic mass is 10.1. The molecule has 2 amide bonds. The van der Waals surface area contributed by atoms with E-state index < -0.39 is 6.09 Å². The van der Waals surface area contributed by atoms with Crippen LogP contribution < -0.4 is 0 Å². The minimum Gasteiger partial charge on any atom is -0.448 e. The number of carbonyl (C=O) groups is 2. The van der Waals surface area contributed by atoms with Gasteiger partial charge in [0.2, 0.25) is 5.91 Å². The molecule has 8 nitrogen and oxygen atoms in total. The molecule has 2 fully saturated rings. The Morgan fingerprint density at radius 3 is 3.08 bits per heavy atom. The van der Waals surface area contributed by atoms with Crippen molar-refractivity contribution >= 4 is 23.3 Å². The number of likely N-dealkylation sites (tertiary alicyclic amines) is 1. The molecule has 2 aromatic heterocycles. The van der Waals surface area contributed by atoms with Gasteiger partial charge in [-0.3, -0.25) is 9.69 Å². The van der Waals surface area contributed by atoms with Crippen molar-refractivity contribution in [3.8, 4) is 11.5 Å². The standard InChI is InChI=1S/C15H16N4O4S/c20-12(8-19-4-5-22-15(19)21)18-3-1-10(7-18)13-16-14(23-17-13)11-2-6-24-9-11/h2,6,9-10H,1,3-5,7-8H2/t10-/m0/s1. The van der Waals surface area contributed by atoms with Crippen molar-refractivity contribution in [2.75, 3.05) is 32.8 Å². The van der Waals surface area contributed by atoms with E-state index in [0.717, 1.165) is 12.0 Å². The molecule has 0 saturated carbocycles. The Morgan fingerprint density at radius 2 is 2.33 bits per heavy atom. The zero-order valence-electron chi connectivity index (χ0n) is 12.9. The first-order valence-corrected chi connectivity index (χ1v) is 8.70. The van der Waals surface area contributed by atoms with Gasteiger partial charge in [-0.25, -0.2) is 4.79 Å². The summed E-state index contributed by atoms with van der Waals surface area (Å²) in [5.41, 5.74) is 0.914. The van der Waals surface area contributed by atoms with Crippen molar-refractivity contribution in [2.45, 2.75) is 12.3 Å². The van der Waals surface area contributed by atoms with Crippen LogP contribution in [0.1, 0.15) is 18.2 Å². The van der Waals surface area contributed by atoms with Crippen LogP contribution in [0.5, 0.6) is 0 Å². The Bertz CT molecular complexity index is 745. The van der Waals surface area contributed by atoms with E-state index in [1.807, 2.05) is 16.8 Å². The average Bonchev–Trinajstić information content (AvgIpc) is 3.35. The summed E-state index contributed by atoms with van der Waals surface area (Å²) in [6.45, 7) is 2.07. The molecule has 0 N–H and O–H groups in total. The molecular formula is C15H16N4O4S. The van der Waals surface area contributed by atoms with Gasteiger partial charge in [-0.05, 0) is 17.9 Å². The predicted molar refractivity (Wildman–Crippen MR) is 84.5 cm³/mol. The average molecular weight is 348 g/mol. The van der Waals surface area contributed by atoms with Crippen LogP contribution in [0.2, 0.25) is 0 Å². The second-order valence-electron chi connectivity index (χ2n) is 5.83. The number of carbonyl (C=O) groups excluding carboxylic acids is 2. The van der Waals surface area contributed by atoms with E-state index in [1.54, 1.807) is 16.2 Å². The molecule has 24 heavy (non-hydrogen) atoms. The van der Waals surface area contributed by atoms with Gasteiger partial charge < -0.3 is 14.2 Å². The lowest BCUT2D eigenvalue weighted by molar-refractivity contribution is -0.130. The summed E-state index contributed by atoms with van der Waals surface area (Å²) in [6.07, 6.45) is 0.372. The third kappa shape index (κ3) is 2.86. The number of thiophene rings is 1. The molecule has 0 unspecified atom stereocenters. The van der Waals surface area contributed by atoms with E-state index in [1.165, 1.54) is 4.90 Å². The fraction of sp³-hybridized carbons (Fsp3) is 0.467. The van der Waals surface area contributed by atoms with Crippen LogP contribution in [0.25, 0.3) is 11.5 Å². The van der Waals surface area contributed by atoms with Crippen LogP contribution >= 0.6 is 11.3 Å². The quantitative estimate of drug-likeness (QED) is 0.833. The molecule has 2 aliphatic rings. The molecule has 4 rings (SSSR count). The molecule has 9 heteroatoms. The summed E-state index contributed by atoms with van der Waals surface area (Å²) in [5.74, 6) is 1.14. The number of amides is 2. The minimum absolute atomic E-state index is 0.0654. The molecule has 2 aliphatic heterocycles. The van der Waals surface area contributed by atoms with Gasteiger partial charge in [-0.1, -0.05) is 5.16 Å². The normalized spacial score (nSPS) is 20.7. The molecule has 126 valence electrons. The minimum atomic E-state index is -0.419. The highest BCUT2D eigenvalue weighted by Gasteiger charge is 2.33. The zero-order valence-corrected chi connectivity index (χ0v) is 13.7. The second-order valence-corrected chi connectivity index (χ2v) is 6.61. The predicted octanol–water partition coefficient (Wildman–Crippen LogP) is 1.57. The summed E-state index contributed by atoms with van der Waals surface area (Å²) >= 11 is 1.57. The third-order valence-corrected chi connectivity index (χ3v) is 4.97. The molecule has 0 aliphatic carbocycles. The SMILES string of the molecule is O=C(CN1CCOC1=O)N1CC[C@H](c2noc(-c3ccsc3)n2)C1. The first-order chi connectivity index (χ1) is 11.7. The van der Waals surface area contributed by atoms with Crippen molar-refractivity contribution < 1.29 is 18.8 Å². The second kappa shape index (κ2) is 6.23. The lowest BCUT2D eigenvalue weighted by Crippen LogP contribution is -2.39. The van der Waals surface area contributed by atoms with Crippen LogP contribution in [-0.4, -0.2) is 64.7 Å². The molecule has 0 spiro atoms. The Balaban J connectivity index is 1.38. The largest absolute Gasteiger partial charge is 0.448 e. The topological polar surface area (TPSA) is 88.8 Å². The Morgan fingerprint density at radius 1 is 1.42 bits per heavy atom. The van der Waals surface area contributed by atoms with Crippen LogP contribution in [0.3, 0.4) is 0 Å². The summed E-state index contributed by atoms with van der Waals surface area (Å²) in [7, 11) is 0. The van der Waals surface area contributed by atoms with Gasteiger partial charge in [-0.15, -0.1) is 0 Å². The van der Waals surface area contributed by atoms with Gasteiger partial charge in [0.15, 0.2) is 5.82 Å². The van der Waals surface area contributed by atoms with Crippen LogP contribution in [-0.2, 0) is 9.53 Å². The molecule has 2 saturated heterocycles. The maximum Gasteiger partial charge on any atom is 0.410 e. The van der Waals surface area contributed by atoms with Crippen molar-refractivity contribution in [1.82, 2.24) is 19.9 Å². The fourth-order valence-corrected chi connectivity index (χ4v) is 3.56. The number of cyclic esters (lactones) is 1. The molecular weight excluding hydrogens is 332 g/mol. The van der Waals surface area contributed by atoms with E-state index in [0.29, 0.717) is 38.0 Å². The highest BCUT2D eigenvalue weighted by Crippen LogP contribution is 2.28.